The Bertz CT molecular complexity index is 411. The van der Waals surface area contributed by atoms with Crippen LogP contribution in [0.5, 0.6) is 0 Å². The summed E-state index contributed by atoms with van der Waals surface area (Å²) in [6, 6.07) is 0. The SMILES string of the molecule is Cc1c(N)cnc(NC(C)(C)C2CC2)c1Br. The van der Waals surface area contributed by atoms with Crippen molar-refractivity contribution >= 4 is 27.4 Å². The zero-order valence-electron chi connectivity index (χ0n) is 9.97. The minimum atomic E-state index is 0.109. The zero-order valence-corrected chi connectivity index (χ0v) is 11.6. The van der Waals surface area contributed by atoms with Crippen LogP contribution in [0.2, 0.25) is 0 Å². The van der Waals surface area contributed by atoms with Gasteiger partial charge in [0, 0.05) is 5.54 Å². The van der Waals surface area contributed by atoms with E-state index in [4.69, 9.17) is 5.73 Å². The summed E-state index contributed by atoms with van der Waals surface area (Å²) in [5.41, 5.74) is 7.68. The Hall–Kier alpha value is -0.770. The third-order valence-electron chi connectivity index (χ3n) is 3.34. The number of hydrogen-bond donors (Lipinski definition) is 2. The molecule has 16 heavy (non-hydrogen) atoms. The van der Waals surface area contributed by atoms with Gasteiger partial charge >= 0.3 is 0 Å². The van der Waals surface area contributed by atoms with Gasteiger partial charge in [-0.2, -0.15) is 0 Å². The van der Waals surface area contributed by atoms with Crippen LogP contribution >= 0.6 is 15.9 Å². The van der Waals surface area contributed by atoms with Gasteiger partial charge in [0.25, 0.3) is 0 Å². The molecule has 1 aliphatic carbocycles. The van der Waals surface area contributed by atoms with Gasteiger partial charge in [0.1, 0.15) is 5.82 Å². The minimum Gasteiger partial charge on any atom is -0.397 e. The molecule has 1 aromatic heterocycles. The first-order valence-electron chi connectivity index (χ1n) is 5.60. The molecule has 0 amide bonds. The second-order valence-electron chi connectivity index (χ2n) is 5.12. The Morgan fingerprint density at radius 3 is 2.69 bits per heavy atom. The molecule has 3 N–H and O–H groups in total. The first-order chi connectivity index (χ1) is 7.42. The fraction of sp³-hybridized carbons (Fsp3) is 0.583. The van der Waals surface area contributed by atoms with Crippen molar-refractivity contribution in [1.82, 2.24) is 4.98 Å². The van der Waals surface area contributed by atoms with Crippen LogP contribution in [0, 0.1) is 12.8 Å². The number of rotatable bonds is 3. The van der Waals surface area contributed by atoms with Gasteiger partial charge in [0.15, 0.2) is 0 Å². The van der Waals surface area contributed by atoms with Crippen molar-refractivity contribution in [3.63, 3.8) is 0 Å². The predicted octanol–water partition coefficient (Wildman–Crippen LogP) is 3.34. The standard InChI is InChI=1S/C12H18BrN3/c1-7-9(14)6-15-11(10(7)13)16-12(2,3)8-4-5-8/h6,8H,4-5,14H2,1-3H3,(H,15,16). The van der Waals surface area contributed by atoms with E-state index in [0.29, 0.717) is 0 Å². The minimum absolute atomic E-state index is 0.109. The smallest absolute Gasteiger partial charge is 0.141 e. The van der Waals surface area contributed by atoms with E-state index in [1.165, 1.54) is 12.8 Å². The molecule has 1 aromatic rings. The molecule has 0 radical (unpaired) electrons. The molecule has 1 fully saturated rings. The van der Waals surface area contributed by atoms with Crippen LogP contribution in [0.1, 0.15) is 32.3 Å². The van der Waals surface area contributed by atoms with Crippen LogP contribution in [-0.4, -0.2) is 10.5 Å². The number of nitrogens with zero attached hydrogens (tertiary/aromatic N) is 1. The van der Waals surface area contributed by atoms with E-state index in [1.807, 2.05) is 6.92 Å². The Kier molecular flexibility index (Phi) is 2.86. The third-order valence-corrected chi connectivity index (χ3v) is 4.31. The lowest BCUT2D eigenvalue weighted by molar-refractivity contribution is 0.492. The lowest BCUT2D eigenvalue weighted by Gasteiger charge is -2.27. The number of hydrogen-bond acceptors (Lipinski definition) is 3. The second-order valence-corrected chi connectivity index (χ2v) is 5.92. The van der Waals surface area contributed by atoms with E-state index in [9.17, 15) is 0 Å². The first-order valence-corrected chi connectivity index (χ1v) is 6.40. The van der Waals surface area contributed by atoms with Crippen LogP contribution in [0.15, 0.2) is 10.7 Å². The molecule has 1 saturated carbocycles. The van der Waals surface area contributed by atoms with Gasteiger partial charge in [-0.15, -0.1) is 0 Å². The second kappa shape index (κ2) is 3.91. The van der Waals surface area contributed by atoms with Crippen LogP contribution in [0.25, 0.3) is 0 Å². The van der Waals surface area contributed by atoms with Crippen LogP contribution < -0.4 is 11.1 Å². The van der Waals surface area contributed by atoms with Gasteiger partial charge in [-0.3, -0.25) is 0 Å². The molecule has 88 valence electrons. The summed E-state index contributed by atoms with van der Waals surface area (Å²) in [4.78, 5) is 4.35. The highest BCUT2D eigenvalue weighted by Gasteiger charge is 2.38. The van der Waals surface area contributed by atoms with Crippen LogP contribution in [0.3, 0.4) is 0 Å². The fourth-order valence-corrected chi connectivity index (χ4v) is 2.32. The summed E-state index contributed by atoms with van der Waals surface area (Å²) < 4.78 is 0.973. The first kappa shape index (κ1) is 11.7. The number of aromatic nitrogens is 1. The molecule has 0 aliphatic heterocycles. The summed E-state index contributed by atoms with van der Waals surface area (Å²) in [6.45, 7) is 6.45. The largest absolute Gasteiger partial charge is 0.397 e. The van der Waals surface area contributed by atoms with Crippen molar-refractivity contribution in [3.8, 4) is 0 Å². The summed E-state index contributed by atoms with van der Waals surface area (Å²) in [5.74, 6) is 1.66. The summed E-state index contributed by atoms with van der Waals surface area (Å²) in [7, 11) is 0. The Morgan fingerprint density at radius 1 is 1.50 bits per heavy atom. The maximum Gasteiger partial charge on any atom is 0.141 e. The van der Waals surface area contributed by atoms with Gasteiger partial charge in [0.05, 0.1) is 16.4 Å². The lowest BCUT2D eigenvalue weighted by Crippen LogP contribution is -2.33. The lowest BCUT2D eigenvalue weighted by atomic mass is 9.99. The number of anilines is 2. The molecule has 0 atom stereocenters. The van der Waals surface area contributed by atoms with Gasteiger partial charge in [-0.05, 0) is 61.0 Å². The Balaban J connectivity index is 2.24. The van der Waals surface area contributed by atoms with E-state index in [0.717, 1.165) is 27.5 Å². The van der Waals surface area contributed by atoms with Crippen molar-refractivity contribution in [2.75, 3.05) is 11.1 Å². The number of nitrogens with one attached hydrogen (secondary N) is 1. The third kappa shape index (κ3) is 2.17. The average Bonchev–Trinajstić information content (AvgIpc) is 3.02. The van der Waals surface area contributed by atoms with Crippen LogP contribution in [-0.2, 0) is 0 Å². The fourth-order valence-electron chi connectivity index (χ4n) is 1.89. The maximum atomic E-state index is 5.81. The molecule has 2 rings (SSSR count). The summed E-state index contributed by atoms with van der Waals surface area (Å²) >= 11 is 3.55. The normalized spacial score (nSPS) is 16.2. The van der Waals surface area contributed by atoms with Crippen molar-refractivity contribution in [1.29, 1.82) is 0 Å². The summed E-state index contributed by atoms with van der Waals surface area (Å²) in [5, 5.41) is 3.50. The summed E-state index contributed by atoms with van der Waals surface area (Å²) in [6.07, 6.45) is 4.34. The van der Waals surface area contributed by atoms with Crippen molar-refractivity contribution in [2.45, 2.75) is 39.2 Å². The number of nitrogens with two attached hydrogens (primary N) is 1. The van der Waals surface area contributed by atoms with E-state index in [1.54, 1.807) is 6.20 Å². The molecule has 1 heterocycles. The van der Waals surface area contributed by atoms with Crippen LogP contribution in [0.4, 0.5) is 11.5 Å². The van der Waals surface area contributed by atoms with E-state index in [2.05, 4.69) is 40.1 Å². The van der Waals surface area contributed by atoms with Crippen molar-refractivity contribution in [3.05, 3.63) is 16.2 Å². The number of pyridine rings is 1. The highest BCUT2D eigenvalue weighted by atomic mass is 79.9. The molecule has 0 unspecified atom stereocenters. The van der Waals surface area contributed by atoms with Gasteiger partial charge in [-0.1, -0.05) is 0 Å². The molecule has 1 aliphatic rings. The molecule has 0 saturated heterocycles. The predicted molar refractivity (Wildman–Crippen MR) is 71.5 cm³/mol. The van der Waals surface area contributed by atoms with Crippen molar-refractivity contribution < 1.29 is 0 Å². The zero-order chi connectivity index (χ0) is 11.9. The molecule has 0 bridgehead atoms. The highest BCUT2D eigenvalue weighted by Crippen LogP contribution is 2.42. The molecule has 3 nitrogen and oxygen atoms in total. The molecular weight excluding hydrogens is 266 g/mol. The Morgan fingerprint density at radius 2 is 2.12 bits per heavy atom. The van der Waals surface area contributed by atoms with E-state index in [-0.39, 0.29) is 5.54 Å². The number of nitrogen functional groups attached to an aromatic ring is 1. The highest BCUT2D eigenvalue weighted by molar-refractivity contribution is 9.10. The maximum absolute atomic E-state index is 5.81. The van der Waals surface area contributed by atoms with Crippen molar-refractivity contribution in [2.24, 2.45) is 5.92 Å². The van der Waals surface area contributed by atoms with Gasteiger partial charge < -0.3 is 11.1 Å². The molecule has 0 aromatic carbocycles. The monoisotopic (exact) mass is 283 g/mol. The van der Waals surface area contributed by atoms with Gasteiger partial charge in [0.2, 0.25) is 0 Å². The molecule has 0 spiro atoms. The van der Waals surface area contributed by atoms with E-state index < -0.39 is 0 Å². The molecule has 4 heteroatoms. The van der Waals surface area contributed by atoms with E-state index >= 15 is 0 Å². The average molecular weight is 284 g/mol. The topological polar surface area (TPSA) is 50.9 Å². The van der Waals surface area contributed by atoms with Gasteiger partial charge in [-0.25, -0.2) is 4.98 Å². The Labute approximate surface area is 105 Å². The molecular formula is C12H18BrN3. The quantitative estimate of drug-likeness (QED) is 0.895. The number of halogens is 1.